The average molecular weight is 633 g/mol. The van der Waals surface area contributed by atoms with E-state index in [2.05, 4.69) is 181 Å². The SMILES string of the molecule is CC1(C)c2ccccc2-c2ccc(N(c3ccccc3)c3ccc4c(c3)c3ccc5sc6ccccc6c5c3n4-c3ccccc3)cc21. The van der Waals surface area contributed by atoms with Crippen LogP contribution in [-0.2, 0) is 5.41 Å². The third kappa shape index (κ3) is 3.85. The zero-order chi connectivity index (χ0) is 32.0. The van der Waals surface area contributed by atoms with Crippen LogP contribution in [0, 0.1) is 0 Å². The summed E-state index contributed by atoms with van der Waals surface area (Å²) in [6.45, 7) is 4.71. The summed E-state index contributed by atoms with van der Waals surface area (Å²) in [7, 11) is 0. The monoisotopic (exact) mass is 632 g/mol. The summed E-state index contributed by atoms with van der Waals surface area (Å²) in [5.74, 6) is 0. The number of hydrogen-bond donors (Lipinski definition) is 0. The molecule has 0 bridgehead atoms. The maximum atomic E-state index is 2.47. The molecule has 0 saturated heterocycles. The second-order valence-corrected chi connectivity index (χ2v) is 14.5. The molecule has 2 aromatic heterocycles. The van der Waals surface area contributed by atoms with Gasteiger partial charge >= 0.3 is 0 Å². The standard InChI is InChI=1S/C45H32N2S/c1-45(2)38-19-11-9-17-33(38)34-23-21-32(28-39(34)45)46(29-13-5-3-6-14-29)31-22-25-40-37(27-31)35-24-26-42-43(36-18-10-12-20-41(36)48-42)44(35)47(40)30-15-7-4-8-16-30/h3-28H,1-2H3. The van der Waals surface area contributed by atoms with Crippen molar-refractivity contribution in [3.8, 4) is 16.8 Å². The van der Waals surface area contributed by atoms with Gasteiger partial charge in [-0.3, -0.25) is 0 Å². The molecule has 0 radical (unpaired) electrons. The normalized spacial score (nSPS) is 13.4. The molecule has 0 fully saturated rings. The molecule has 0 amide bonds. The molecule has 1 aliphatic rings. The quantitative estimate of drug-likeness (QED) is 0.187. The first kappa shape index (κ1) is 27.5. The summed E-state index contributed by atoms with van der Waals surface area (Å²) in [6.07, 6.45) is 0. The predicted molar refractivity (Wildman–Crippen MR) is 206 cm³/mol. The number of thiophene rings is 1. The van der Waals surface area contributed by atoms with Gasteiger partial charge in [-0.15, -0.1) is 11.3 Å². The van der Waals surface area contributed by atoms with E-state index in [9.17, 15) is 0 Å². The van der Waals surface area contributed by atoms with E-state index in [1.165, 1.54) is 69.9 Å². The van der Waals surface area contributed by atoms with E-state index in [0.717, 1.165) is 17.1 Å². The number of hydrogen-bond acceptors (Lipinski definition) is 2. The number of fused-ring (bicyclic) bond motifs is 10. The van der Waals surface area contributed by atoms with Crippen LogP contribution in [0.4, 0.5) is 17.1 Å². The summed E-state index contributed by atoms with van der Waals surface area (Å²) in [5.41, 5.74) is 12.5. The molecular formula is C45H32N2S. The van der Waals surface area contributed by atoms with E-state index in [1.807, 2.05) is 11.3 Å². The van der Waals surface area contributed by atoms with E-state index in [1.54, 1.807) is 0 Å². The number of benzene rings is 7. The van der Waals surface area contributed by atoms with Gasteiger partial charge < -0.3 is 9.47 Å². The first-order chi connectivity index (χ1) is 23.6. The molecule has 9 aromatic rings. The Hall–Kier alpha value is -5.64. The fourth-order valence-corrected chi connectivity index (χ4v) is 9.25. The zero-order valence-electron chi connectivity index (χ0n) is 26.8. The summed E-state index contributed by atoms with van der Waals surface area (Å²) < 4.78 is 5.11. The number of nitrogens with zero attached hydrogens (tertiary/aromatic N) is 2. The summed E-state index contributed by atoms with van der Waals surface area (Å²) in [5, 5.41) is 5.16. The van der Waals surface area contributed by atoms with Gasteiger partial charge in [0.05, 0.1) is 11.0 Å². The number of aromatic nitrogens is 1. The minimum atomic E-state index is -0.0773. The van der Waals surface area contributed by atoms with Crippen LogP contribution in [0.15, 0.2) is 158 Å². The van der Waals surface area contributed by atoms with Crippen molar-refractivity contribution in [2.75, 3.05) is 4.90 Å². The molecule has 228 valence electrons. The van der Waals surface area contributed by atoms with Gasteiger partial charge in [0, 0.05) is 59.1 Å². The Labute approximate surface area is 283 Å². The molecular weight excluding hydrogens is 601 g/mol. The third-order valence-electron chi connectivity index (χ3n) is 10.4. The highest BCUT2D eigenvalue weighted by Gasteiger charge is 2.35. The third-order valence-corrected chi connectivity index (χ3v) is 11.5. The summed E-state index contributed by atoms with van der Waals surface area (Å²) >= 11 is 1.88. The van der Waals surface area contributed by atoms with Crippen LogP contribution in [0.2, 0.25) is 0 Å². The molecule has 0 N–H and O–H groups in total. The highest BCUT2D eigenvalue weighted by molar-refractivity contribution is 7.26. The molecule has 0 spiro atoms. The lowest BCUT2D eigenvalue weighted by atomic mass is 9.82. The van der Waals surface area contributed by atoms with Crippen molar-refractivity contribution in [3.63, 3.8) is 0 Å². The van der Waals surface area contributed by atoms with Crippen molar-refractivity contribution in [1.82, 2.24) is 4.57 Å². The molecule has 0 atom stereocenters. The van der Waals surface area contributed by atoms with Gasteiger partial charge in [0.1, 0.15) is 0 Å². The molecule has 7 aromatic carbocycles. The van der Waals surface area contributed by atoms with Crippen LogP contribution in [0.1, 0.15) is 25.0 Å². The smallest absolute Gasteiger partial charge is 0.0634 e. The summed E-state index contributed by atoms with van der Waals surface area (Å²) in [4.78, 5) is 2.42. The minimum Gasteiger partial charge on any atom is -0.310 e. The van der Waals surface area contributed by atoms with Crippen molar-refractivity contribution in [3.05, 3.63) is 169 Å². The lowest BCUT2D eigenvalue weighted by Gasteiger charge is -2.28. The van der Waals surface area contributed by atoms with Gasteiger partial charge in [-0.1, -0.05) is 105 Å². The zero-order valence-corrected chi connectivity index (χ0v) is 27.6. The molecule has 1 aliphatic carbocycles. The fourth-order valence-electron chi connectivity index (χ4n) is 8.14. The van der Waals surface area contributed by atoms with Crippen LogP contribution >= 0.6 is 11.3 Å². The van der Waals surface area contributed by atoms with Crippen LogP contribution < -0.4 is 4.90 Å². The van der Waals surface area contributed by atoms with Gasteiger partial charge in [0.15, 0.2) is 0 Å². The Kier molecular flexibility index (Phi) is 5.82. The molecule has 3 heteroatoms. The first-order valence-corrected chi connectivity index (χ1v) is 17.4. The molecule has 0 unspecified atom stereocenters. The maximum absolute atomic E-state index is 2.47. The predicted octanol–water partition coefficient (Wildman–Crippen LogP) is 12.9. The average Bonchev–Trinajstić information content (AvgIpc) is 3.75. The van der Waals surface area contributed by atoms with Crippen LogP contribution in [0.25, 0.3) is 58.8 Å². The van der Waals surface area contributed by atoms with E-state index in [0.29, 0.717) is 0 Å². The highest BCUT2D eigenvalue weighted by atomic mass is 32.1. The van der Waals surface area contributed by atoms with Crippen LogP contribution in [-0.4, -0.2) is 4.57 Å². The summed E-state index contributed by atoms with van der Waals surface area (Å²) in [6, 6.07) is 58.0. The van der Waals surface area contributed by atoms with E-state index >= 15 is 0 Å². The molecule has 2 heterocycles. The van der Waals surface area contributed by atoms with E-state index in [4.69, 9.17) is 0 Å². The largest absolute Gasteiger partial charge is 0.310 e. The van der Waals surface area contributed by atoms with Crippen molar-refractivity contribution in [2.45, 2.75) is 19.3 Å². The lowest BCUT2D eigenvalue weighted by molar-refractivity contribution is 0.660. The molecule has 0 aliphatic heterocycles. The number of anilines is 3. The fraction of sp³-hybridized carbons (Fsp3) is 0.0667. The van der Waals surface area contributed by atoms with Gasteiger partial charge in [-0.05, 0) is 89.0 Å². The molecule has 2 nitrogen and oxygen atoms in total. The van der Waals surface area contributed by atoms with Gasteiger partial charge in [0.25, 0.3) is 0 Å². The van der Waals surface area contributed by atoms with Crippen molar-refractivity contribution in [1.29, 1.82) is 0 Å². The second-order valence-electron chi connectivity index (χ2n) is 13.4. The minimum absolute atomic E-state index is 0.0773. The van der Waals surface area contributed by atoms with E-state index < -0.39 is 0 Å². The van der Waals surface area contributed by atoms with Crippen molar-refractivity contribution < 1.29 is 0 Å². The van der Waals surface area contributed by atoms with E-state index in [-0.39, 0.29) is 5.41 Å². The van der Waals surface area contributed by atoms with Crippen LogP contribution in [0.5, 0.6) is 0 Å². The number of rotatable bonds is 4. The highest BCUT2D eigenvalue weighted by Crippen LogP contribution is 2.51. The number of para-hydroxylation sites is 2. The Morgan fingerprint density at radius 2 is 1.19 bits per heavy atom. The van der Waals surface area contributed by atoms with Crippen molar-refractivity contribution in [2.24, 2.45) is 0 Å². The van der Waals surface area contributed by atoms with Gasteiger partial charge in [-0.2, -0.15) is 0 Å². The Morgan fingerprint density at radius 3 is 2.04 bits per heavy atom. The lowest BCUT2D eigenvalue weighted by Crippen LogP contribution is -2.16. The second kappa shape index (κ2) is 10.2. The topological polar surface area (TPSA) is 8.17 Å². The van der Waals surface area contributed by atoms with Crippen LogP contribution in [0.3, 0.4) is 0 Å². The Balaban J connectivity index is 1.25. The van der Waals surface area contributed by atoms with Crippen molar-refractivity contribution >= 4 is 70.4 Å². The first-order valence-electron chi connectivity index (χ1n) is 16.6. The van der Waals surface area contributed by atoms with Gasteiger partial charge in [0.2, 0.25) is 0 Å². The maximum Gasteiger partial charge on any atom is 0.0634 e. The molecule has 0 saturated carbocycles. The Morgan fingerprint density at radius 1 is 0.500 bits per heavy atom. The Bertz CT molecular complexity index is 2700. The molecule has 10 rings (SSSR count). The molecule has 48 heavy (non-hydrogen) atoms. The van der Waals surface area contributed by atoms with Gasteiger partial charge in [-0.25, -0.2) is 0 Å².